The van der Waals surface area contributed by atoms with Gasteiger partial charge in [0.15, 0.2) is 5.76 Å². The molecule has 0 aliphatic carbocycles. The van der Waals surface area contributed by atoms with Crippen LogP contribution in [-0.4, -0.2) is 39.2 Å². The number of benzene rings is 1. The number of carbonyl (C=O) groups is 1. The van der Waals surface area contributed by atoms with Crippen LogP contribution in [-0.2, 0) is 20.2 Å². The lowest BCUT2D eigenvalue weighted by molar-refractivity contribution is -0.120. The van der Waals surface area contributed by atoms with Gasteiger partial charge in [0.1, 0.15) is 22.9 Å². The number of hydrogen-bond acceptors (Lipinski definition) is 6. The Morgan fingerprint density at radius 1 is 1.18 bits per heavy atom. The fourth-order valence-corrected chi connectivity index (χ4v) is 3.87. The third-order valence-electron chi connectivity index (χ3n) is 4.07. The smallest absolute Gasteiger partial charge is 0.246 e. The molecule has 0 aliphatic heterocycles. The Morgan fingerprint density at radius 2 is 1.82 bits per heavy atom. The van der Waals surface area contributed by atoms with Gasteiger partial charge >= 0.3 is 0 Å². The average Bonchev–Trinajstić information content (AvgIpc) is 2.96. The second-order valence-electron chi connectivity index (χ2n) is 7.45. The third kappa shape index (κ3) is 5.80. The van der Waals surface area contributed by atoms with Crippen molar-refractivity contribution in [3.8, 4) is 5.75 Å². The normalized spacial score (nSPS) is 12.0. The second kappa shape index (κ2) is 8.74. The van der Waals surface area contributed by atoms with Crippen molar-refractivity contribution in [3.05, 3.63) is 41.3 Å². The van der Waals surface area contributed by atoms with Crippen LogP contribution in [0.15, 0.2) is 33.7 Å². The van der Waals surface area contributed by atoms with Gasteiger partial charge in [0.2, 0.25) is 15.9 Å². The lowest BCUT2D eigenvalue weighted by Gasteiger charge is -2.19. The van der Waals surface area contributed by atoms with Crippen LogP contribution >= 0.6 is 0 Å². The van der Waals surface area contributed by atoms with E-state index in [1.807, 2.05) is 24.3 Å². The van der Waals surface area contributed by atoms with E-state index in [0.29, 0.717) is 5.75 Å². The number of carbonyl (C=O) groups excluding carboxylic acids is 1. The van der Waals surface area contributed by atoms with Gasteiger partial charge in [-0.3, -0.25) is 4.79 Å². The number of ether oxygens (including phenoxy) is 1. The van der Waals surface area contributed by atoms with E-state index in [1.54, 1.807) is 0 Å². The highest BCUT2D eigenvalue weighted by molar-refractivity contribution is 7.89. The van der Waals surface area contributed by atoms with Gasteiger partial charge in [-0.05, 0) is 37.0 Å². The molecule has 0 saturated carbocycles. The fourth-order valence-electron chi connectivity index (χ4n) is 2.56. The van der Waals surface area contributed by atoms with Gasteiger partial charge in [0.05, 0.1) is 13.1 Å². The molecule has 0 aliphatic rings. The summed E-state index contributed by atoms with van der Waals surface area (Å²) < 4.78 is 37.1. The molecule has 0 saturated heterocycles. The summed E-state index contributed by atoms with van der Waals surface area (Å²) >= 11 is 0. The van der Waals surface area contributed by atoms with Crippen molar-refractivity contribution in [2.45, 2.75) is 44.9 Å². The quantitative estimate of drug-likeness (QED) is 0.646. The van der Waals surface area contributed by atoms with Crippen LogP contribution in [0.3, 0.4) is 0 Å². The van der Waals surface area contributed by atoms with Gasteiger partial charge < -0.3 is 14.6 Å². The number of nitrogens with one attached hydrogen (secondary N) is 2. The van der Waals surface area contributed by atoms with Gasteiger partial charge in [0, 0.05) is 0 Å². The maximum absolute atomic E-state index is 12.2. The molecule has 2 rings (SSSR count). The van der Waals surface area contributed by atoms with E-state index in [2.05, 4.69) is 36.0 Å². The third-order valence-corrected chi connectivity index (χ3v) is 5.72. The van der Waals surface area contributed by atoms with Gasteiger partial charge in [-0.15, -0.1) is 0 Å². The molecule has 1 heterocycles. The molecule has 1 aromatic heterocycles. The topological polar surface area (TPSA) is 111 Å². The van der Waals surface area contributed by atoms with Crippen LogP contribution in [0.5, 0.6) is 5.75 Å². The molecular formula is C19H27N3O5S. The summed E-state index contributed by atoms with van der Waals surface area (Å²) in [4.78, 5) is 11.8. The highest BCUT2D eigenvalue weighted by atomic mass is 32.2. The molecule has 0 radical (unpaired) electrons. The Hall–Kier alpha value is -2.39. The van der Waals surface area contributed by atoms with Crippen LogP contribution in [0.2, 0.25) is 0 Å². The van der Waals surface area contributed by atoms with Crippen molar-refractivity contribution in [3.63, 3.8) is 0 Å². The van der Waals surface area contributed by atoms with Crippen LogP contribution in [0, 0.1) is 13.8 Å². The molecule has 154 valence electrons. The highest BCUT2D eigenvalue weighted by Crippen LogP contribution is 2.24. The molecule has 0 atom stereocenters. The summed E-state index contributed by atoms with van der Waals surface area (Å²) in [6, 6.07) is 7.80. The molecule has 2 aromatic rings. The molecule has 0 spiro atoms. The second-order valence-corrected chi connectivity index (χ2v) is 9.15. The van der Waals surface area contributed by atoms with Crippen molar-refractivity contribution in [1.82, 2.24) is 15.2 Å². The van der Waals surface area contributed by atoms with Crippen molar-refractivity contribution in [2.24, 2.45) is 0 Å². The molecular weight excluding hydrogens is 382 g/mol. The number of hydrogen-bond donors (Lipinski definition) is 2. The molecule has 8 nitrogen and oxygen atoms in total. The Morgan fingerprint density at radius 3 is 2.36 bits per heavy atom. The summed E-state index contributed by atoms with van der Waals surface area (Å²) in [5.74, 6) is 0.430. The minimum absolute atomic E-state index is 0.0395. The lowest BCUT2D eigenvalue weighted by atomic mass is 9.87. The molecule has 28 heavy (non-hydrogen) atoms. The van der Waals surface area contributed by atoms with E-state index in [9.17, 15) is 13.2 Å². The van der Waals surface area contributed by atoms with E-state index >= 15 is 0 Å². The number of sulfonamides is 1. The SMILES string of the molecule is Cc1noc(C)c1S(=O)(=O)NCC(=O)NCCOc1ccc(C(C)(C)C)cc1. The first kappa shape index (κ1) is 21.9. The van der Waals surface area contributed by atoms with E-state index in [4.69, 9.17) is 9.26 Å². The minimum atomic E-state index is -3.86. The Labute approximate surface area is 165 Å². The first-order chi connectivity index (χ1) is 13.0. The predicted octanol–water partition coefficient (Wildman–Crippen LogP) is 2.06. The molecule has 1 amide bonds. The van der Waals surface area contributed by atoms with Crippen molar-refractivity contribution in [1.29, 1.82) is 0 Å². The molecule has 9 heteroatoms. The van der Waals surface area contributed by atoms with Crippen LogP contribution in [0.25, 0.3) is 0 Å². The summed E-state index contributed by atoms with van der Waals surface area (Å²) in [6.45, 7) is 9.59. The highest BCUT2D eigenvalue weighted by Gasteiger charge is 2.24. The lowest BCUT2D eigenvalue weighted by Crippen LogP contribution is -2.38. The largest absolute Gasteiger partial charge is 0.492 e. The molecule has 0 unspecified atom stereocenters. The maximum atomic E-state index is 12.2. The monoisotopic (exact) mass is 409 g/mol. The number of aromatic nitrogens is 1. The fraction of sp³-hybridized carbons (Fsp3) is 0.474. The van der Waals surface area contributed by atoms with Gasteiger partial charge in [-0.1, -0.05) is 38.1 Å². The minimum Gasteiger partial charge on any atom is -0.492 e. The number of aryl methyl sites for hydroxylation is 2. The maximum Gasteiger partial charge on any atom is 0.246 e. The van der Waals surface area contributed by atoms with Crippen LogP contribution in [0.4, 0.5) is 0 Å². The predicted molar refractivity (Wildman–Crippen MR) is 105 cm³/mol. The molecule has 0 fully saturated rings. The van der Waals surface area contributed by atoms with Gasteiger partial charge in [-0.2, -0.15) is 0 Å². The van der Waals surface area contributed by atoms with E-state index in [1.165, 1.54) is 19.4 Å². The Balaban J connectivity index is 1.74. The number of nitrogens with zero attached hydrogens (tertiary/aromatic N) is 1. The summed E-state index contributed by atoms with van der Waals surface area (Å²) in [7, 11) is -3.86. The van der Waals surface area contributed by atoms with Crippen LogP contribution < -0.4 is 14.8 Å². The van der Waals surface area contributed by atoms with Crippen molar-refractivity contribution >= 4 is 15.9 Å². The number of amides is 1. The standard InChI is InChI=1S/C19H27N3O5S/c1-13-18(14(2)27-22-13)28(24,25)21-12-17(23)20-10-11-26-16-8-6-15(7-9-16)19(3,4)5/h6-9,21H,10-12H2,1-5H3,(H,20,23). The van der Waals surface area contributed by atoms with Gasteiger partial charge in [0.25, 0.3) is 0 Å². The van der Waals surface area contributed by atoms with Crippen LogP contribution in [0.1, 0.15) is 37.8 Å². The molecule has 1 aromatic carbocycles. The number of rotatable bonds is 8. The zero-order valence-electron chi connectivity index (χ0n) is 16.8. The Kier molecular flexibility index (Phi) is 6.84. The van der Waals surface area contributed by atoms with E-state index in [0.717, 1.165) is 0 Å². The Bertz CT molecular complexity index is 893. The summed E-state index contributed by atoms with van der Waals surface area (Å²) in [6.07, 6.45) is 0. The molecule has 0 bridgehead atoms. The van der Waals surface area contributed by atoms with Crippen molar-refractivity contribution in [2.75, 3.05) is 19.7 Å². The van der Waals surface area contributed by atoms with Gasteiger partial charge in [-0.25, -0.2) is 13.1 Å². The zero-order chi connectivity index (χ0) is 20.9. The zero-order valence-corrected chi connectivity index (χ0v) is 17.6. The summed E-state index contributed by atoms with van der Waals surface area (Å²) in [5.41, 5.74) is 1.53. The first-order valence-corrected chi connectivity index (χ1v) is 10.4. The van der Waals surface area contributed by atoms with Crippen molar-refractivity contribution < 1.29 is 22.5 Å². The molecule has 2 N–H and O–H groups in total. The van der Waals surface area contributed by atoms with E-state index in [-0.39, 0.29) is 41.5 Å². The van der Waals surface area contributed by atoms with E-state index < -0.39 is 15.9 Å². The summed E-state index contributed by atoms with van der Waals surface area (Å²) in [5, 5.41) is 6.21. The average molecular weight is 410 g/mol. The first-order valence-electron chi connectivity index (χ1n) is 8.93.